The zero-order chi connectivity index (χ0) is 44.2. The number of hydrogen-bond acceptors (Lipinski definition) is 7. The second-order valence-corrected chi connectivity index (χ2v) is 15.3. The summed E-state index contributed by atoms with van der Waals surface area (Å²) in [5.74, 6) is -0.221. The van der Waals surface area contributed by atoms with Gasteiger partial charge in [0.25, 0.3) is 0 Å². The number of aliphatic carboxylic acids is 1. The number of amides is 2. The fourth-order valence-corrected chi connectivity index (χ4v) is 6.41. The Morgan fingerprint density at radius 1 is 0.410 bits per heavy atom. The van der Waals surface area contributed by atoms with Crippen molar-refractivity contribution in [3.63, 3.8) is 0 Å². The lowest BCUT2D eigenvalue weighted by atomic mass is 10.0. The smallest absolute Gasteiger partial charge is 0.303 e. The Morgan fingerprint density at radius 3 is 1.23 bits per heavy atom. The molecule has 0 aromatic heterocycles. The quantitative estimate of drug-likeness (QED) is 0.0305. The maximum atomic E-state index is 12.1. The maximum Gasteiger partial charge on any atom is 0.303 e. The van der Waals surface area contributed by atoms with Gasteiger partial charge in [-0.05, 0) is 104 Å². The minimum atomic E-state index is -0.756. The van der Waals surface area contributed by atoms with Crippen LogP contribution in [0.15, 0.2) is 109 Å². The van der Waals surface area contributed by atoms with Gasteiger partial charge in [0.15, 0.2) is 0 Å². The third-order valence-electron chi connectivity index (χ3n) is 10.1. The van der Waals surface area contributed by atoms with Crippen LogP contribution in [-0.4, -0.2) is 54.9 Å². The SMILES string of the molecule is NCCCCCC(=O)NCCCCCC(=O)CCc1ccc(-c2ccccc2)cc1.NCCCCCC(=O)NCCCCCC(=O)O.NCc1ccc(-c2ccccc2)cc1. The van der Waals surface area contributed by atoms with Gasteiger partial charge in [-0.1, -0.05) is 135 Å². The number of nitrogens with two attached hydrogens (primary N) is 3. The number of benzene rings is 4. The molecule has 332 valence electrons. The Bertz CT molecular complexity index is 1740. The number of rotatable bonds is 28. The van der Waals surface area contributed by atoms with Crippen molar-refractivity contribution in [1.82, 2.24) is 10.6 Å². The molecule has 0 radical (unpaired) electrons. The fourth-order valence-electron chi connectivity index (χ4n) is 6.41. The van der Waals surface area contributed by atoms with Crippen LogP contribution in [0.5, 0.6) is 0 Å². The second kappa shape index (κ2) is 34.5. The average Bonchev–Trinajstić information content (AvgIpc) is 3.29. The summed E-state index contributed by atoms with van der Waals surface area (Å²) in [6, 6.07) is 37.5. The Balaban J connectivity index is 0.000000348. The van der Waals surface area contributed by atoms with E-state index in [9.17, 15) is 19.2 Å². The molecule has 0 aliphatic heterocycles. The van der Waals surface area contributed by atoms with Crippen LogP contribution in [0.4, 0.5) is 0 Å². The first-order chi connectivity index (χ1) is 29.7. The minimum absolute atomic E-state index is 0.0836. The summed E-state index contributed by atoms with van der Waals surface area (Å²) in [6.45, 7) is 3.34. The van der Waals surface area contributed by atoms with Crippen LogP contribution in [0.2, 0.25) is 0 Å². The maximum absolute atomic E-state index is 12.1. The molecule has 4 rings (SSSR count). The number of carboxylic acid groups (broad SMARTS) is 1. The van der Waals surface area contributed by atoms with Crippen molar-refractivity contribution in [3.05, 3.63) is 120 Å². The number of unbranched alkanes of at least 4 members (excludes halogenated alkanes) is 8. The van der Waals surface area contributed by atoms with Gasteiger partial charge >= 0.3 is 5.97 Å². The summed E-state index contributed by atoms with van der Waals surface area (Å²) in [5, 5.41) is 14.2. The predicted octanol–water partition coefficient (Wildman–Crippen LogP) is 9.13. The normalized spacial score (nSPS) is 10.4. The first kappa shape index (κ1) is 52.0. The number of carboxylic acids is 1. The van der Waals surface area contributed by atoms with Crippen molar-refractivity contribution >= 4 is 23.6 Å². The van der Waals surface area contributed by atoms with Crippen LogP contribution >= 0.6 is 0 Å². The predicted molar refractivity (Wildman–Crippen MR) is 251 cm³/mol. The highest BCUT2D eigenvalue weighted by Gasteiger charge is 2.06. The molecular formula is C51H73N5O5. The number of hydrogen-bond donors (Lipinski definition) is 6. The molecular weight excluding hydrogens is 763 g/mol. The van der Waals surface area contributed by atoms with E-state index in [-0.39, 0.29) is 18.2 Å². The van der Waals surface area contributed by atoms with Crippen LogP contribution in [-0.2, 0) is 32.1 Å². The molecule has 0 saturated carbocycles. The molecule has 0 aliphatic carbocycles. The average molecular weight is 836 g/mol. The molecule has 0 fully saturated rings. The van der Waals surface area contributed by atoms with Gasteiger partial charge in [-0.2, -0.15) is 0 Å². The van der Waals surface area contributed by atoms with Crippen molar-refractivity contribution in [2.45, 2.75) is 122 Å². The van der Waals surface area contributed by atoms with E-state index in [0.717, 1.165) is 77.0 Å². The first-order valence-electron chi connectivity index (χ1n) is 22.4. The number of Topliss-reactive ketones (excluding diaryl/α,β-unsaturated/α-hetero) is 1. The lowest BCUT2D eigenvalue weighted by Gasteiger charge is -2.06. The van der Waals surface area contributed by atoms with Crippen LogP contribution in [0, 0.1) is 0 Å². The third kappa shape index (κ3) is 26.6. The van der Waals surface area contributed by atoms with E-state index in [1.807, 2.05) is 36.4 Å². The van der Waals surface area contributed by atoms with Gasteiger partial charge < -0.3 is 32.9 Å². The van der Waals surface area contributed by atoms with Gasteiger partial charge in [-0.3, -0.25) is 19.2 Å². The Kier molecular flexibility index (Phi) is 29.4. The molecule has 0 bridgehead atoms. The van der Waals surface area contributed by atoms with Gasteiger partial charge in [0.1, 0.15) is 5.78 Å². The highest BCUT2D eigenvalue weighted by molar-refractivity contribution is 5.78. The van der Waals surface area contributed by atoms with Gasteiger partial charge in [-0.15, -0.1) is 0 Å². The van der Waals surface area contributed by atoms with Crippen LogP contribution in [0.25, 0.3) is 22.3 Å². The van der Waals surface area contributed by atoms with Gasteiger partial charge in [-0.25, -0.2) is 0 Å². The van der Waals surface area contributed by atoms with E-state index in [2.05, 4.69) is 83.4 Å². The molecule has 0 atom stereocenters. The molecule has 0 aliphatic rings. The molecule has 0 heterocycles. The lowest BCUT2D eigenvalue weighted by molar-refractivity contribution is -0.137. The largest absolute Gasteiger partial charge is 0.481 e. The first-order valence-corrected chi connectivity index (χ1v) is 22.4. The molecule has 4 aromatic carbocycles. The number of ketones is 1. The van der Waals surface area contributed by atoms with Gasteiger partial charge in [0.2, 0.25) is 11.8 Å². The number of carbonyl (C=O) groups excluding carboxylic acids is 3. The fraction of sp³-hybridized carbons (Fsp3) is 0.451. The molecule has 2 amide bonds. The van der Waals surface area contributed by atoms with E-state index in [4.69, 9.17) is 22.3 Å². The van der Waals surface area contributed by atoms with Crippen LogP contribution in [0.1, 0.15) is 120 Å². The molecule has 0 unspecified atom stereocenters. The monoisotopic (exact) mass is 836 g/mol. The van der Waals surface area contributed by atoms with Crippen molar-refractivity contribution < 1.29 is 24.3 Å². The summed E-state index contributed by atoms with van der Waals surface area (Å²) in [7, 11) is 0. The molecule has 0 spiro atoms. The number of aryl methyl sites for hydroxylation is 1. The Hall–Kier alpha value is -5.16. The summed E-state index contributed by atoms with van der Waals surface area (Å²) in [4.78, 5) is 45.4. The summed E-state index contributed by atoms with van der Waals surface area (Å²) >= 11 is 0. The van der Waals surface area contributed by atoms with Gasteiger partial charge in [0, 0.05) is 51.7 Å². The van der Waals surface area contributed by atoms with E-state index in [1.54, 1.807) is 0 Å². The molecule has 10 heteroatoms. The minimum Gasteiger partial charge on any atom is -0.481 e. The van der Waals surface area contributed by atoms with Crippen LogP contribution in [0.3, 0.4) is 0 Å². The van der Waals surface area contributed by atoms with E-state index in [0.29, 0.717) is 70.6 Å². The van der Waals surface area contributed by atoms with Crippen LogP contribution < -0.4 is 27.8 Å². The molecule has 0 saturated heterocycles. The zero-order valence-electron chi connectivity index (χ0n) is 36.5. The van der Waals surface area contributed by atoms with E-state index in [1.165, 1.54) is 33.4 Å². The standard InChI is InChI=1S/C26H36N2O2.C13H13N.C12H24N2O3/c27-20-8-2-7-13-26(30)28-21-9-3-6-12-25(29)19-16-22-14-17-24(18-15-22)23-10-4-1-5-11-23;14-10-11-6-8-13(9-7-11)12-4-2-1-3-5-12;13-9-5-1-3-7-11(15)14-10-6-2-4-8-12(16)17/h1,4-5,10-11,14-15,17-18H,2-3,6-9,12-13,16,19-21,27H2,(H,28,30);1-9H,10,14H2;1-10,13H2,(H,14,15)(H,16,17). The van der Waals surface area contributed by atoms with Crippen molar-refractivity contribution in [2.75, 3.05) is 26.2 Å². The highest BCUT2D eigenvalue weighted by atomic mass is 16.4. The van der Waals surface area contributed by atoms with Crippen molar-refractivity contribution in [3.8, 4) is 22.3 Å². The molecule has 9 N–H and O–H groups in total. The van der Waals surface area contributed by atoms with Gasteiger partial charge in [0.05, 0.1) is 0 Å². The second-order valence-electron chi connectivity index (χ2n) is 15.3. The van der Waals surface area contributed by atoms with E-state index < -0.39 is 5.97 Å². The van der Waals surface area contributed by atoms with E-state index >= 15 is 0 Å². The summed E-state index contributed by atoms with van der Waals surface area (Å²) in [5.41, 5.74) is 23.6. The third-order valence-corrected chi connectivity index (χ3v) is 10.1. The molecule has 10 nitrogen and oxygen atoms in total. The lowest BCUT2D eigenvalue weighted by Crippen LogP contribution is -2.24. The Morgan fingerprint density at radius 2 is 0.803 bits per heavy atom. The summed E-state index contributed by atoms with van der Waals surface area (Å²) in [6.07, 6.45) is 14.4. The number of carbonyl (C=O) groups is 4. The number of nitrogens with one attached hydrogen (secondary N) is 2. The topological polar surface area (TPSA) is 191 Å². The molecule has 61 heavy (non-hydrogen) atoms. The molecule has 4 aromatic rings. The zero-order valence-corrected chi connectivity index (χ0v) is 36.5. The summed E-state index contributed by atoms with van der Waals surface area (Å²) < 4.78 is 0. The highest BCUT2D eigenvalue weighted by Crippen LogP contribution is 2.21. The Labute approximate surface area is 365 Å². The van der Waals surface area contributed by atoms with Crippen molar-refractivity contribution in [2.24, 2.45) is 17.2 Å². The van der Waals surface area contributed by atoms with Crippen molar-refractivity contribution in [1.29, 1.82) is 0 Å².